The first-order valence-electron chi connectivity index (χ1n) is 10.7. The molecular formula is C18H32O2. The van der Waals surface area contributed by atoms with Gasteiger partial charge in [-0.15, -0.1) is 0 Å². The van der Waals surface area contributed by atoms with Crippen LogP contribution in [0.2, 0.25) is 0 Å². The maximum atomic E-state index is 10.4. The van der Waals surface area contributed by atoms with Gasteiger partial charge in [-0.1, -0.05) is 69.7 Å². The fourth-order valence-electron chi connectivity index (χ4n) is 1.67. The van der Waals surface area contributed by atoms with Crippen LogP contribution in [0.4, 0.5) is 0 Å². The summed E-state index contributed by atoms with van der Waals surface area (Å²) in [5.74, 6) is -0.743. The Bertz CT molecular complexity index is 449. The first-order valence-corrected chi connectivity index (χ1v) is 7.37. The third kappa shape index (κ3) is 16.9. The molecule has 0 aliphatic rings. The Morgan fingerprint density at radius 1 is 1.00 bits per heavy atom. The minimum absolute atomic E-state index is 0.0708. The summed E-state index contributed by atoms with van der Waals surface area (Å²) in [7, 11) is 0. The quantitative estimate of drug-likeness (QED) is 0.319. The Morgan fingerprint density at radius 3 is 2.45 bits per heavy atom. The highest BCUT2D eigenvalue weighted by atomic mass is 16.4. The first kappa shape index (κ1) is 10.6. The number of allylic oxidation sites excluding steroid dienone is 4. The van der Waals surface area contributed by atoms with Gasteiger partial charge in [-0.2, -0.15) is 0 Å². The van der Waals surface area contributed by atoms with Crippen LogP contribution in [-0.4, -0.2) is 11.1 Å². The van der Waals surface area contributed by atoms with Gasteiger partial charge in [-0.05, 0) is 32.1 Å². The van der Waals surface area contributed by atoms with Gasteiger partial charge in [-0.25, -0.2) is 0 Å². The molecule has 0 radical (unpaired) electrons. The van der Waals surface area contributed by atoms with Crippen LogP contribution >= 0.6 is 0 Å². The second kappa shape index (κ2) is 16.0. The molecule has 0 aromatic rings. The number of carboxylic acids is 1. The summed E-state index contributed by atoms with van der Waals surface area (Å²) in [6, 6.07) is 0. The van der Waals surface area contributed by atoms with E-state index < -0.39 is 25.1 Å². The van der Waals surface area contributed by atoms with Crippen LogP contribution in [0, 0.1) is 0 Å². The molecule has 0 aliphatic carbocycles. The van der Waals surface area contributed by atoms with Crippen molar-refractivity contribution in [2.45, 2.75) is 83.8 Å². The van der Waals surface area contributed by atoms with Gasteiger partial charge in [0.1, 0.15) is 0 Å². The van der Waals surface area contributed by atoms with Crippen molar-refractivity contribution in [3.05, 3.63) is 24.3 Å². The second-order valence-corrected chi connectivity index (χ2v) is 4.61. The van der Waals surface area contributed by atoms with Crippen molar-refractivity contribution in [2.75, 3.05) is 0 Å². The van der Waals surface area contributed by atoms with Gasteiger partial charge in [0.25, 0.3) is 0 Å². The molecule has 0 rings (SSSR count). The molecule has 0 aliphatic heterocycles. The van der Waals surface area contributed by atoms with E-state index in [1.165, 1.54) is 0 Å². The molecule has 2 nitrogen and oxygen atoms in total. The predicted molar refractivity (Wildman–Crippen MR) is 87.0 cm³/mol. The Kier molecular flexibility index (Phi) is 8.52. The molecule has 2 heteroatoms. The lowest BCUT2D eigenvalue weighted by molar-refractivity contribution is -0.137. The largest absolute Gasteiger partial charge is 0.481 e. The van der Waals surface area contributed by atoms with Crippen molar-refractivity contribution in [2.24, 2.45) is 0 Å². The lowest BCUT2D eigenvalue weighted by Gasteiger charge is -1.97. The summed E-state index contributed by atoms with van der Waals surface area (Å²) in [6.45, 7) is -0.228. The molecule has 0 aromatic heterocycles. The van der Waals surface area contributed by atoms with Crippen molar-refractivity contribution < 1.29 is 18.1 Å². The van der Waals surface area contributed by atoms with Crippen molar-refractivity contribution >= 4 is 5.97 Å². The molecule has 0 spiro atoms. The minimum Gasteiger partial charge on any atom is -0.481 e. The average molecular weight is 286 g/mol. The summed E-state index contributed by atoms with van der Waals surface area (Å²) in [5.41, 5.74) is 0. The highest BCUT2D eigenvalue weighted by Crippen LogP contribution is 2.07. The summed E-state index contributed by atoms with van der Waals surface area (Å²) < 4.78 is 46.0. The number of hydrogen-bond acceptors (Lipinski definition) is 1. The molecule has 0 heterocycles. The van der Waals surface area contributed by atoms with Gasteiger partial charge in [0.05, 0.1) is 0 Å². The Labute approximate surface area is 133 Å². The topological polar surface area (TPSA) is 37.3 Å². The molecule has 116 valence electrons. The first-order chi connectivity index (χ1) is 12.1. The number of aliphatic carboxylic acids is 1. The van der Waals surface area contributed by atoms with Crippen molar-refractivity contribution in [1.82, 2.24) is 0 Å². The molecule has 20 heavy (non-hydrogen) atoms. The molecule has 0 saturated heterocycles. The fourth-order valence-corrected chi connectivity index (χ4v) is 1.67. The Balaban J connectivity index is 3.96. The number of carboxylic acid groups (broad SMARTS) is 1. The van der Waals surface area contributed by atoms with Crippen molar-refractivity contribution in [1.29, 1.82) is 0 Å². The lowest BCUT2D eigenvalue weighted by atomic mass is 10.1. The monoisotopic (exact) mass is 286 g/mol. The van der Waals surface area contributed by atoms with Gasteiger partial charge in [0.15, 0.2) is 0 Å². The molecule has 0 saturated carbocycles. The zero-order chi connectivity index (χ0) is 20.1. The average Bonchev–Trinajstić information content (AvgIpc) is 2.54. The summed E-state index contributed by atoms with van der Waals surface area (Å²) in [5, 5.41) is 8.53. The van der Waals surface area contributed by atoms with Crippen LogP contribution in [0.25, 0.3) is 0 Å². The van der Waals surface area contributed by atoms with E-state index in [2.05, 4.69) is 0 Å². The number of rotatable bonds is 14. The van der Waals surface area contributed by atoms with Crippen LogP contribution < -0.4 is 0 Å². The smallest absolute Gasteiger partial charge is 0.303 e. The van der Waals surface area contributed by atoms with E-state index in [0.717, 1.165) is 38.5 Å². The normalized spacial score (nSPS) is 19.0. The fraction of sp³-hybridized carbons (Fsp3) is 0.722. The van der Waals surface area contributed by atoms with E-state index in [1.54, 1.807) is 12.2 Å². The van der Waals surface area contributed by atoms with Gasteiger partial charge in [0, 0.05) is 14.6 Å². The van der Waals surface area contributed by atoms with Crippen molar-refractivity contribution in [3.8, 4) is 0 Å². The van der Waals surface area contributed by atoms with Gasteiger partial charge >= 0.3 is 5.97 Å². The SMILES string of the molecule is [2H]CC([2H])CC([2H])([2H])C([2H])([2H])C/C=C/C=C\CCCCCCCC(=O)O. The van der Waals surface area contributed by atoms with E-state index in [9.17, 15) is 4.79 Å². The standard InChI is InChI=1S/C18H32O2/c1-2-3-4-5-6-7-8-9-10-11-12-13-14-15-16-17-18(19)20/h7-10H,2-6,11-17H2,1H3,(H,19,20)/b8-7+,10-9-/i1D,2D,4D2,5D2. The summed E-state index contributed by atoms with van der Waals surface area (Å²) in [6.07, 6.45) is 7.58. The maximum Gasteiger partial charge on any atom is 0.303 e. The predicted octanol–water partition coefficient (Wildman–Crippen LogP) is 5.88. The number of carbonyl (C=O) groups is 1. The van der Waals surface area contributed by atoms with Crippen molar-refractivity contribution in [3.63, 3.8) is 0 Å². The molecule has 0 fully saturated rings. The second-order valence-electron chi connectivity index (χ2n) is 4.61. The van der Waals surface area contributed by atoms with Crippen LogP contribution in [-0.2, 0) is 4.79 Å². The van der Waals surface area contributed by atoms with E-state index in [4.69, 9.17) is 13.3 Å². The zero-order valence-corrected chi connectivity index (χ0v) is 12.3. The summed E-state index contributed by atoms with van der Waals surface area (Å²) >= 11 is 0. The molecule has 0 aromatic carbocycles. The van der Waals surface area contributed by atoms with Gasteiger partial charge in [-0.3, -0.25) is 4.79 Å². The third-order valence-electron chi connectivity index (χ3n) is 2.74. The van der Waals surface area contributed by atoms with Crippen LogP contribution in [0.3, 0.4) is 0 Å². The summed E-state index contributed by atoms with van der Waals surface area (Å²) in [4.78, 5) is 10.4. The van der Waals surface area contributed by atoms with E-state index >= 15 is 0 Å². The highest BCUT2D eigenvalue weighted by Gasteiger charge is 1.95. The van der Waals surface area contributed by atoms with Gasteiger partial charge in [0.2, 0.25) is 0 Å². The van der Waals surface area contributed by atoms with Gasteiger partial charge < -0.3 is 5.11 Å². The molecule has 1 N–H and O–H groups in total. The molecular weight excluding hydrogens is 248 g/mol. The third-order valence-corrected chi connectivity index (χ3v) is 2.74. The molecule has 0 amide bonds. The van der Waals surface area contributed by atoms with E-state index in [-0.39, 0.29) is 26.2 Å². The molecule has 1 unspecified atom stereocenters. The highest BCUT2D eigenvalue weighted by molar-refractivity contribution is 5.66. The number of hydrogen-bond donors (Lipinski definition) is 1. The van der Waals surface area contributed by atoms with Crippen LogP contribution in [0.5, 0.6) is 0 Å². The van der Waals surface area contributed by atoms with Crippen LogP contribution in [0.15, 0.2) is 24.3 Å². The lowest BCUT2D eigenvalue weighted by Crippen LogP contribution is -1.93. The Morgan fingerprint density at radius 2 is 1.70 bits per heavy atom. The number of unbranched alkanes of at least 4 members (excludes halogenated alkanes) is 5. The zero-order valence-electron chi connectivity index (χ0n) is 18.3. The minimum atomic E-state index is -2.13. The maximum absolute atomic E-state index is 10.4. The van der Waals surface area contributed by atoms with E-state index in [0.29, 0.717) is 0 Å². The molecule has 1 atom stereocenters. The Hall–Kier alpha value is -1.05. The van der Waals surface area contributed by atoms with E-state index in [1.807, 2.05) is 12.2 Å². The molecule has 0 bridgehead atoms. The van der Waals surface area contributed by atoms with Crippen LogP contribution in [0.1, 0.15) is 92.1 Å².